The van der Waals surface area contributed by atoms with Crippen molar-refractivity contribution in [3.05, 3.63) is 63.1 Å². The number of hydrogen-bond donors (Lipinski definition) is 2. The number of carbonyl (C=O) groups excluding carboxylic acids is 2. The zero-order valence-corrected chi connectivity index (χ0v) is 20.7. The van der Waals surface area contributed by atoms with Gasteiger partial charge in [0, 0.05) is 43.0 Å². The monoisotopic (exact) mass is 518 g/mol. The maximum absolute atomic E-state index is 13.9. The molecule has 3 aliphatic rings. The maximum atomic E-state index is 13.9. The van der Waals surface area contributed by atoms with Gasteiger partial charge in [-0.25, -0.2) is 8.78 Å². The molecule has 8 nitrogen and oxygen atoms in total. The Hall–Kier alpha value is -2.92. The predicted molar refractivity (Wildman–Crippen MR) is 131 cm³/mol. The lowest BCUT2D eigenvalue weighted by Crippen LogP contribution is -2.66. The van der Waals surface area contributed by atoms with Gasteiger partial charge in [-0.2, -0.15) is 11.8 Å². The predicted octanol–water partition coefficient (Wildman–Crippen LogP) is 2.53. The Morgan fingerprint density at radius 3 is 2.67 bits per heavy atom. The van der Waals surface area contributed by atoms with Crippen molar-refractivity contribution in [2.45, 2.75) is 57.5 Å². The van der Waals surface area contributed by atoms with Crippen molar-refractivity contribution in [1.82, 2.24) is 19.7 Å². The van der Waals surface area contributed by atoms with Gasteiger partial charge in [-0.05, 0) is 43.8 Å². The van der Waals surface area contributed by atoms with Gasteiger partial charge in [-0.3, -0.25) is 19.3 Å². The smallest absolute Gasteiger partial charge is 0.276 e. The van der Waals surface area contributed by atoms with Gasteiger partial charge < -0.3 is 19.9 Å². The fourth-order valence-corrected chi connectivity index (χ4v) is 6.54. The number of aromatic hydroxyl groups is 1. The molecule has 2 amide bonds. The fraction of sp³-hybridized carbons (Fsp3) is 0.480. The van der Waals surface area contributed by atoms with E-state index in [2.05, 4.69) is 10.2 Å². The van der Waals surface area contributed by atoms with Crippen molar-refractivity contribution < 1.29 is 23.5 Å². The summed E-state index contributed by atoms with van der Waals surface area (Å²) >= 11 is 1.93. The van der Waals surface area contributed by atoms with Crippen molar-refractivity contribution in [2.75, 3.05) is 18.1 Å². The molecule has 192 valence electrons. The van der Waals surface area contributed by atoms with Crippen LogP contribution in [-0.2, 0) is 13.1 Å². The highest BCUT2D eigenvalue weighted by atomic mass is 32.2. The molecule has 0 aliphatic carbocycles. The second-order valence-electron chi connectivity index (χ2n) is 9.55. The van der Waals surface area contributed by atoms with Crippen molar-refractivity contribution >= 4 is 23.6 Å². The number of carbonyl (C=O) groups is 2. The van der Waals surface area contributed by atoms with Crippen LogP contribution in [0.4, 0.5) is 8.78 Å². The molecule has 11 heteroatoms. The van der Waals surface area contributed by atoms with Crippen LogP contribution in [0.3, 0.4) is 0 Å². The first-order valence-electron chi connectivity index (χ1n) is 12.1. The van der Waals surface area contributed by atoms with Crippen LogP contribution >= 0.6 is 11.8 Å². The number of benzene rings is 1. The quantitative estimate of drug-likeness (QED) is 0.646. The minimum absolute atomic E-state index is 0.0476. The van der Waals surface area contributed by atoms with E-state index in [0.717, 1.165) is 43.4 Å². The van der Waals surface area contributed by atoms with Gasteiger partial charge in [-0.15, -0.1) is 0 Å². The van der Waals surface area contributed by atoms with Crippen LogP contribution in [0.2, 0.25) is 0 Å². The Kier molecular flexibility index (Phi) is 6.78. The average molecular weight is 519 g/mol. The van der Waals surface area contributed by atoms with E-state index in [0.29, 0.717) is 18.7 Å². The summed E-state index contributed by atoms with van der Waals surface area (Å²) in [5.41, 5.74) is -1.37. The van der Waals surface area contributed by atoms with Crippen molar-refractivity contribution in [3.63, 3.8) is 0 Å². The van der Waals surface area contributed by atoms with Crippen LogP contribution in [0.15, 0.2) is 29.2 Å². The van der Waals surface area contributed by atoms with Crippen molar-refractivity contribution in [3.8, 4) is 5.75 Å². The summed E-state index contributed by atoms with van der Waals surface area (Å²) < 4.78 is 28.6. The number of pyridine rings is 1. The van der Waals surface area contributed by atoms with Crippen LogP contribution in [0.5, 0.6) is 5.75 Å². The lowest BCUT2D eigenvalue weighted by molar-refractivity contribution is -0.0530. The largest absolute Gasteiger partial charge is 0.503 e. The molecule has 36 heavy (non-hydrogen) atoms. The van der Waals surface area contributed by atoms with E-state index < -0.39 is 34.6 Å². The van der Waals surface area contributed by atoms with Gasteiger partial charge in [-0.1, -0.05) is 6.07 Å². The number of hydrogen-bond acceptors (Lipinski definition) is 6. The lowest BCUT2D eigenvalue weighted by atomic mass is 9.99. The molecule has 1 aromatic heterocycles. The normalized spacial score (nSPS) is 22.8. The van der Waals surface area contributed by atoms with Crippen LogP contribution in [-0.4, -0.2) is 67.6 Å². The minimum Gasteiger partial charge on any atom is -0.503 e. The average Bonchev–Trinajstić information content (AvgIpc) is 2.86. The van der Waals surface area contributed by atoms with Gasteiger partial charge in [0.15, 0.2) is 11.4 Å². The fourth-order valence-electron chi connectivity index (χ4n) is 5.46. The Labute approximate surface area is 211 Å². The molecule has 2 N–H and O–H groups in total. The summed E-state index contributed by atoms with van der Waals surface area (Å²) in [6, 6.07) is 3.29. The topological polar surface area (TPSA) is 94.9 Å². The molecule has 3 aliphatic heterocycles. The summed E-state index contributed by atoms with van der Waals surface area (Å²) in [5.74, 6) is -1.43. The highest BCUT2D eigenvalue weighted by molar-refractivity contribution is 7.99. The number of halogens is 2. The van der Waals surface area contributed by atoms with E-state index in [-0.39, 0.29) is 35.6 Å². The molecule has 0 bridgehead atoms. The number of amides is 2. The number of aromatic nitrogens is 1. The zero-order chi connectivity index (χ0) is 25.6. The van der Waals surface area contributed by atoms with Crippen molar-refractivity contribution in [1.29, 1.82) is 0 Å². The molecular weight excluding hydrogens is 490 g/mol. The summed E-state index contributed by atoms with van der Waals surface area (Å²) in [7, 11) is 0. The van der Waals surface area contributed by atoms with Crippen LogP contribution < -0.4 is 10.7 Å². The lowest BCUT2D eigenvalue weighted by Gasteiger charge is -2.53. The van der Waals surface area contributed by atoms with E-state index in [1.807, 2.05) is 18.7 Å². The molecule has 2 atom stereocenters. The molecule has 2 saturated heterocycles. The number of nitrogens with one attached hydrogen (secondary N) is 1. The summed E-state index contributed by atoms with van der Waals surface area (Å²) in [6.45, 7) is 2.87. The first-order valence-corrected chi connectivity index (χ1v) is 13.3. The SMILES string of the molecule is CC1CCN(C2CCSCC2)C2Cn3cc(C(=O)NCc4ccc(F)cc4F)c(=O)c(O)c3C(=O)N12. The number of fused-ring (bicyclic) bond motifs is 2. The highest BCUT2D eigenvalue weighted by Crippen LogP contribution is 2.34. The summed E-state index contributed by atoms with van der Waals surface area (Å²) in [4.78, 5) is 43.4. The van der Waals surface area contributed by atoms with E-state index in [1.165, 1.54) is 16.8 Å². The molecular formula is C25H28F2N4O4S. The first-order chi connectivity index (χ1) is 17.3. The van der Waals surface area contributed by atoms with E-state index in [9.17, 15) is 28.3 Å². The third-order valence-electron chi connectivity index (χ3n) is 7.40. The molecule has 5 rings (SSSR count). The Morgan fingerprint density at radius 1 is 1.19 bits per heavy atom. The van der Waals surface area contributed by atoms with Crippen LogP contribution in [0, 0.1) is 11.6 Å². The summed E-state index contributed by atoms with van der Waals surface area (Å²) in [5, 5.41) is 13.2. The second-order valence-corrected chi connectivity index (χ2v) is 10.8. The van der Waals surface area contributed by atoms with Crippen LogP contribution in [0.1, 0.15) is 52.6 Å². The van der Waals surface area contributed by atoms with Gasteiger partial charge in [0.1, 0.15) is 23.4 Å². The minimum atomic E-state index is -0.962. The highest BCUT2D eigenvalue weighted by Gasteiger charge is 2.45. The molecule has 2 aromatic rings. The molecule has 1 aromatic carbocycles. The van der Waals surface area contributed by atoms with E-state index >= 15 is 0 Å². The van der Waals surface area contributed by atoms with Gasteiger partial charge in [0.05, 0.1) is 6.54 Å². The number of thioether (sulfide) groups is 1. The Bertz CT molecular complexity index is 1260. The van der Waals surface area contributed by atoms with Crippen molar-refractivity contribution in [2.24, 2.45) is 0 Å². The van der Waals surface area contributed by atoms with Crippen LogP contribution in [0.25, 0.3) is 0 Å². The second kappa shape index (κ2) is 9.85. The summed E-state index contributed by atoms with van der Waals surface area (Å²) in [6.07, 6.45) is 3.93. The zero-order valence-electron chi connectivity index (χ0n) is 19.9. The third kappa shape index (κ3) is 4.39. The molecule has 4 heterocycles. The molecule has 2 fully saturated rings. The maximum Gasteiger partial charge on any atom is 0.276 e. The van der Waals surface area contributed by atoms with Gasteiger partial charge >= 0.3 is 0 Å². The molecule has 0 spiro atoms. The Balaban J connectivity index is 1.44. The standard InChI is InChI=1S/C25H28F2N4O4S/c1-14-4-7-30(17-5-8-36-9-6-17)20-13-29-12-18(22(32)23(33)21(29)25(35)31(14)20)24(34)28-11-15-2-3-16(26)10-19(15)27/h2-3,10,12,14,17,20,33H,4-9,11,13H2,1H3,(H,28,34). The molecule has 0 saturated carbocycles. The molecule has 0 radical (unpaired) electrons. The number of rotatable bonds is 4. The van der Waals surface area contributed by atoms with E-state index in [1.54, 1.807) is 4.90 Å². The molecule has 2 unspecified atom stereocenters. The van der Waals surface area contributed by atoms with E-state index in [4.69, 9.17) is 0 Å². The third-order valence-corrected chi connectivity index (χ3v) is 8.44. The number of nitrogens with zero attached hydrogens (tertiary/aromatic N) is 3. The van der Waals surface area contributed by atoms with Gasteiger partial charge in [0.2, 0.25) is 5.43 Å². The first kappa shape index (κ1) is 24.8. The van der Waals surface area contributed by atoms with Gasteiger partial charge in [0.25, 0.3) is 11.8 Å². The Morgan fingerprint density at radius 2 is 1.94 bits per heavy atom.